The average molecular weight is 358 g/mol. The Bertz CT molecular complexity index is 582. The summed E-state index contributed by atoms with van der Waals surface area (Å²) < 4.78 is 2.86. The van der Waals surface area contributed by atoms with E-state index >= 15 is 0 Å². The van der Waals surface area contributed by atoms with E-state index in [2.05, 4.69) is 45.2 Å². The highest BCUT2D eigenvalue weighted by molar-refractivity contribution is 9.10. The molecule has 0 saturated carbocycles. The molecule has 0 radical (unpaired) electrons. The Balaban J connectivity index is 2.24. The lowest BCUT2D eigenvalue weighted by atomic mass is 10.0. The summed E-state index contributed by atoms with van der Waals surface area (Å²) in [6.45, 7) is 4.21. The standard InChI is InChI=1S/C14H18BrClN4/c1-9(2)20-14(18-8-19-20)7-13(17-3)10-4-5-12(16)11(15)6-10/h4-6,8-9,13,17H,7H2,1-3H3. The third-order valence-corrected chi connectivity index (χ3v) is 4.43. The third-order valence-electron chi connectivity index (χ3n) is 3.22. The van der Waals surface area contributed by atoms with E-state index in [4.69, 9.17) is 11.6 Å². The van der Waals surface area contributed by atoms with Crippen LogP contribution in [0, 0.1) is 0 Å². The molecule has 20 heavy (non-hydrogen) atoms. The highest BCUT2D eigenvalue weighted by atomic mass is 79.9. The molecule has 1 atom stereocenters. The van der Waals surface area contributed by atoms with Crippen LogP contribution in [-0.4, -0.2) is 21.8 Å². The molecule has 1 unspecified atom stereocenters. The zero-order valence-corrected chi connectivity index (χ0v) is 14.1. The van der Waals surface area contributed by atoms with Crippen molar-refractivity contribution in [2.24, 2.45) is 0 Å². The molecule has 0 aliphatic heterocycles. The van der Waals surface area contributed by atoms with Crippen molar-refractivity contribution < 1.29 is 0 Å². The average Bonchev–Trinajstić information content (AvgIpc) is 2.87. The van der Waals surface area contributed by atoms with Gasteiger partial charge in [-0.15, -0.1) is 0 Å². The molecule has 1 N–H and O–H groups in total. The lowest BCUT2D eigenvalue weighted by Crippen LogP contribution is -2.21. The van der Waals surface area contributed by atoms with Crippen molar-refractivity contribution in [2.75, 3.05) is 7.05 Å². The van der Waals surface area contributed by atoms with E-state index in [1.54, 1.807) is 6.33 Å². The van der Waals surface area contributed by atoms with Crippen LogP contribution in [-0.2, 0) is 6.42 Å². The largest absolute Gasteiger partial charge is 0.313 e. The van der Waals surface area contributed by atoms with Gasteiger partial charge in [0.25, 0.3) is 0 Å². The Morgan fingerprint density at radius 1 is 1.40 bits per heavy atom. The lowest BCUT2D eigenvalue weighted by molar-refractivity contribution is 0.478. The number of likely N-dealkylation sites (N-methyl/N-ethyl adjacent to an activating group) is 1. The number of nitrogens with zero attached hydrogens (tertiary/aromatic N) is 3. The van der Waals surface area contributed by atoms with Crippen molar-refractivity contribution in [1.82, 2.24) is 20.1 Å². The van der Waals surface area contributed by atoms with Gasteiger partial charge in [-0.3, -0.25) is 0 Å². The van der Waals surface area contributed by atoms with Gasteiger partial charge in [0.15, 0.2) is 0 Å². The normalized spacial score (nSPS) is 12.9. The molecular weight excluding hydrogens is 340 g/mol. The molecule has 0 spiro atoms. The molecule has 0 bridgehead atoms. The van der Waals surface area contributed by atoms with Gasteiger partial charge in [0.2, 0.25) is 0 Å². The van der Waals surface area contributed by atoms with Gasteiger partial charge in [-0.1, -0.05) is 17.7 Å². The van der Waals surface area contributed by atoms with Gasteiger partial charge in [-0.25, -0.2) is 9.67 Å². The lowest BCUT2D eigenvalue weighted by Gasteiger charge is -2.18. The summed E-state index contributed by atoms with van der Waals surface area (Å²) in [5.41, 5.74) is 1.17. The summed E-state index contributed by atoms with van der Waals surface area (Å²) in [6, 6.07) is 6.45. The smallest absolute Gasteiger partial charge is 0.138 e. The van der Waals surface area contributed by atoms with Crippen LogP contribution in [0.5, 0.6) is 0 Å². The summed E-state index contributed by atoms with van der Waals surface area (Å²) in [6.07, 6.45) is 2.39. The molecule has 0 aliphatic carbocycles. The molecule has 0 saturated heterocycles. The second kappa shape index (κ2) is 6.70. The topological polar surface area (TPSA) is 42.7 Å². The number of halogens is 2. The van der Waals surface area contributed by atoms with E-state index in [9.17, 15) is 0 Å². The summed E-state index contributed by atoms with van der Waals surface area (Å²) in [5, 5.41) is 8.32. The van der Waals surface area contributed by atoms with E-state index < -0.39 is 0 Å². The molecule has 2 aromatic rings. The summed E-state index contributed by atoms with van der Waals surface area (Å²) in [5.74, 6) is 0.977. The Kier molecular flexibility index (Phi) is 5.18. The highest BCUT2D eigenvalue weighted by Crippen LogP contribution is 2.27. The Labute approximate surface area is 132 Å². The zero-order chi connectivity index (χ0) is 14.7. The molecule has 4 nitrogen and oxygen atoms in total. The van der Waals surface area contributed by atoms with Gasteiger partial charge in [0.05, 0.1) is 5.02 Å². The summed E-state index contributed by atoms with van der Waals surface area (Å²) in [7, 11) is 1.95. The number of hydrogen-bond donors (Lipinski definition) is 1. The highest BCUT2D eigenvalue weighted by Gasteiger charge is 2.16. The quantitative estimate of drug-likeness (QED) is 0.885. The number of hydrogen-bond acceptors (Lipinski definition) is 3. The van der Waals surface area contributed by atoms with Crippen LogP contribution < -0.4 is 5.32 Å². The minimum absolute atomic E-state index is 0.172. The van der Waals surface area contributed by atoms with Crippen LogP contribution in [0.1, 0.15) is 37.3 Å². The van der Waals surface area contributed by atoms with Crippen LogP contribution >= 0.6 is 27.5 Å². The maximum Gasteiger partial charge on any atom is 0.138 e. The van der Waals surface area contributed by atoms with Crippen LogP contribution in [0.4, 0.5) is 0 Å². The molecular formula is C14H18BrClN4. The second-order valence-electron chi connectivity index (χ2n) is 4.93. The van der Waals surface area contributed by atoms with E-state index in [0.717, 1.165) is 16.7 Å². The number of benzene rings is 1. The first-order chi connectivity index (χ1) is 9.52. The molecule has 2 rings (SSSR count). The molecule has 0 fully saturated rings. The molecule has 1 heterocycles. The molecule has 0 amide bonds. The maximum absolute atomic E-state index is 6.04. The predicted molar refractivity (Wildman–Crippen MR) is 85.1 cm³/mol. The van der Waals surface area contributed by atoms with Crippen molar-refractivity contribution >= 4 is 27.5 Å². The molecule has 1 aromatic heterocycles. The van der Waals surface area contributed by atoms with E-state index in [1.165, 1.54) is 5.56 Å². The van der Waals surface area contributed by atoms with Crippen LogP contribution in [0.2, 0.25) is 5.02 Å². The Morgan fingerprint density at radius 2 is 2.15 bits per heavy atom. The second-order valence-corrected chi connectivity index (χ2v) is 6.20. The van der Waals surface area contributed by atoms with Gasteiger partial charge < -0.3 is 5.32 Å². The van der Waals surface area contributed by atoms with Crippen molar-refractivity contribution in [3.8, 4) is 0 Å². The van der Waals surface area contributed by atoms with Gasteiger partial charge in [-0.05, 0) is 54.5 Å². The minimum Gasteiger partial charge on any atom is -0.313 e. The van der Waals surface area contributed by atoms with Crippen LogP contribution in [0.25, 0.3) is 0 Å². The van der Waals surface area contributed by atoms with Gasteiger partial charge in [0.1, 0.15) is 12.2 Å². The number of aromatic nitrogens is 3. The fourth-order valence-corrected chi connectivity index (χ4v) is 2.66. The molecule has 1 aromatic carbocycles. The first-order valence-electron chi connectivity index (χ1n) is 6.53. The molecule has 6 heteroatoms. The first kappa shape index (κ1) is 15.5. The SMILES string of the molecule is CNC(Cc1ncnn1C(C)C)c1ccc(Cl)c(Br)c1. The van der Waals surface area contributed by atoms with Crippen molar-refractivity contribution in [3.05, 3.63) is 45.4 Å². The monoisotopic (exact) mass is 356 g/mol. The molecule has 108 valence electrons. The zero-order valence-electron chi connectivity index (χ0n) is 11.8. The molecule has 0 aliphatic rings. The first-order valence-corrected chi connectivity index (χ1v) is 7.70. The van der Waals surface area contributed by atoms with E-state index in [-0.39, 0.29) is 6.04 Å². The Hall–Kier alpha value is -0.910. The minimum atomic E-state index is 0.172. The van der Waals surface area contributed by atoms with Gasteiger partial charge in [0, 0.05) is 23.0 Å². The van der Waals surface area contributed by atoms with Crippen LogP contribution in [0.3, 0.4) is 0 Å². The summed E-state index contributed by atoms with van der Waals surface area (Å²) in [4.78, 5) is 4.36. The number of rotatable bonds is 5. The fourth-order valence-electron chi connectivity index (χ4n) is 2.15. The van der Waals surface area contributed by atoms with E-state index in [0.29, 0.717) is 11.1 Å². The van der Waals surface area contributed by atoms with Crippen molar-refractivity contribution in [3.63, 3.8) is 0 Å². The fraction of sp³-hybridized carbons (Fsp3) is 0.429. The van der Waals surface area contributed by atoms with E-state index in [1.807, 2.05) is 29.9 Å². The number of nitrogens with one attached hydrogen (secondary N) is 1. The summed E-state index contributed by atoms with van der Waals surface area (Å²) >= 11 is 9.51. The Morgan fingerprint density at radius 3 is 2.75 bits per heavy atom. The van der Waals surface area contributed by atoms with Crippen molar-refractivity contribution in [1.29, 1.82) is 0 Å². The maximum atomic E-state index is 6.04. The van der Waals surface area contributed by atoms with Gasteiger partial charge >= 0.3 is 0 Å². The van der Waals surface area contributed by atoms with Crippen LogP contribution in [0.15, 0.2) is 29.0 Å². The van der Waals surface area contributed by atoms with Gasteiger partial charge in [-0.2, -0.15) is 5.10 Å². The third kappa shape index (κ3) is 3.40. The predicted octanol–water partition coefficient (Wildman–Crippen LogP) is 3.78. The van der Waals surface area contributed by atoms with Crippen molar-refractivity contribution in [2.45, 2.75) is 32.4 Å².